The molecule has 0 saturated carbocycles. The van der Waals surface area contributed by atoms with Gasteiger partial charge in [0, 0.05) is 32.5 Å². The minimum Gasteiger partial charge on any atom is -0.495 e. The van der Waals surface area contributed by atoms with Gasteiger partial charge in [-0.1, -0.05) is 85.6 Å². The largest absolute Gasteiger partial charge is 0.495 e. The average Bonchev–Trinajstić information content (AvgIpc) is 2.97. The van der Waals surface area contributed by atoms with Crippen molar-refractivity contribution in [1.29, 1.82) is 0 Å². The number of amides is 2. The SMILES string of the molecule is CCCCNC(=O)[C@@H](Cc1ccccc1)N(Cc1cccc(C)c1)C(=O)CCCN(c1ccccc1OC)S(C)(=O)=O. The number of para-hydroxylation sites is 2. The molecule has 0 fully saturated rings. The zero-order valence-corrected chi connectivity index (χ0v) is 25.9. The fraction of sp³-hybridized carbons (Fsp3) is 0.394. The Bertz CT molecular complexity index is 1410. The van der Waals surface area contributed by atoms with Crippen molar-refractivity contribution in [2.24, 2.45) is 0 Å². The first kappa shape index (κ1) is 32.7. The van der Waals surface area contributed by atoms with E-state index in [2.05, 4.69) is 12.2 Å². The predicted molar refractivity (Wildman–Crippen MR) is 168 cm³/mol. The Morgan fingerprint density at radius 3 is 2.29 bits per heavy atom. The molecule has 8 nitrogen and oxygen atoms in total. The van der Waals surface area contributed by atoms with Crippen LogP contribution in [0.2, 0.25) is 0 Å². The molecular weight excluding hydrogens is 550 g/mol. The smallest absolute Gasteiger partial charge is 0.243 e. The summed E-state index contributed by atoms with van der Waals surface area (Å²) in [4.78, 5) is 29.2. The van der Waals surface area contributed by atoms with Gasteiger partial charge in [-0.2, -0.15) is 0 Å². The Hall–Kier alpha value is -3.85. The van der Waals surface area contributed by atoms with Crippen LogP contribution in [-0.4, -0.2) is 57.6 Å². The molecule has 3 aromatic carbocycles. The lowest BCUT2D eigenvalue weighted by molar-refractivity contribution is -0.141. The van der Waals surface area contributed by atoms with Crippen molar-refractivity contribution in [1.82, 2.24) is 10.2 Å². The van der Waals surface area contributed by atoms with Gasteiger partial charge in [-0.3, -0.25) is 13.9 Å². The zero-order chi connectivity index (χ0) is 30.5. The van der Waals surface area contributed by atoms with Crippen molar-refractivity contribution in [3.8, 4) is 5.75 Å². The van der Waals surface area contributed by atoms with Gasteiger partial charge in [0.1, 0.15) is 11.8 Å². The molecule has 0 bridgehead atoms. The molecule has 0 aromatic heterocycles. The fourth-order valence-corrected chi connectivity index (χ4v) is 5.85. The topological polar surface area (TPSA) is 96.0 Å². The van der Waals surface area contributed by atoms with Crippen LogP contribution < -0.4 is 14.4 Å². The highest BCUT2D eigenvalue weighted by Gasteiger charge is 2.30. The minimum absolute atomic E-state index is 0.0700. The molecule has 3 rings (SSSR count). The zero-order valence-electron chi connectivity index (χ0n) is 25.1. The Labute approximate surface area is 250 Å². The average molecular weight is 594 g/mol. The number of benzene rings is 3. The highest BCUT2D eigenvalue weighted by molar-refractivity contribution is 7.92. The third kappa shape index (κ3) is 9.62. The van der Waals surface area contributed by atoms with E-state index in [0.29, 0.717) is 24.4 Å². The predicted octanol–water partition coefficient (Wildman–Crippen LogP) is 5.11. The van der Waals surface area contributed by atoms with E-state index < -0.39 is 16.1 Å². The molecule has 0 aliphatic carbocycles. The lowest BCUT2D eigenvalue weighted by Gasteiger charge is -2.32. The van der Waals surface area contributed by atoms with Gasteiger partial charge in [0.05, 0.1) is 19.1 Å². The Morgan fingerprint density at radius 2 is 1.62 bits per heavy atom. The summed E-state index contributed by atoms with van der Waals surface area (Å²) in [5.41, 5.74) is 3.36. The molecule has 0 spiro atoms. The molecule has 0 saturated heterocycles. The molecule has 226 valence electrons. The number of sulfonamides is 1. The molecule has 0 radical (unpaired) electrons. The number of nitrogens with one attached hydrogen (secondary N) is 1. The van der Waals surface area contributed by atoms with E-state index in [-0.39, 0.29) is 37.7 Å². The molecule has 9 heteroatoms. The van der Waals surface area contributed by atoms with Gasteiger partial charge in [-0.15, -0.1) is 0 Å². The molecule has 2 amide bonds. The minimum atomic E-state index is -3.64. The van der Waals surface area contributed by atoms with Gasteiger partial charge >= 0.3 is 0 Å². The lowest BCUT2D eigenvalue weighted by Crippen LogP contribution is -2.50. The number of hydrogen-bond donors (Lipinski definition) is 1. The Balaban J connectivity index is 1.89. The maximum atomic E-state index is 13.9. The first-order valence-electron chi connectivity index (χ1n) is 14.4. The summed E-state index contributed by atoms with van der Waals surface area (Å²) >= 11 is 0. The molecule has 0 aliphatic rings. The number of rotatable bonds is 16. The van der Waals surface area contributed by atoms with E-state index in [1.807, 2.05) is 61.5 Å². The summed E-state index contributed by atoms with van der Waals surface area (Å²) in [6.45, 7) is 4.95. The molecule has 1 N–H and O–H groups in total. The van der Waals surface area contributed by atoms with Crippen molar-refractivity contribution >= 4 is 27.5 Å². The van der Waals surface area contributed by atoms with Crippen LogP contribution in [0.5, 0.6) is 5.75 Å². The standard InChI is InChI=1S/C33H43N3O5S/c1-5-6-21-34-33(38)30(24-27-15-8-7-9-16-27)35(25-28-17-12-14-26(2)23-28)32(37)20-13-22-36(42(4,39)40)29-18-10-11-19-31(29)41-3/h7-12,14-19,23,30H,5-6,13,20-22,24-25H2,1-4H3,(H,34,38)/t30-/m1/s1. The van der Waals surface area contributed by atoms with Crippen molar-refractivity contribution in [2.75, 3.05) is 30.8 Å². The fourth-order valence-electron chi connectivity index (χ4n) is 4.89. The van der Waals surface area contributed by atoms with E-state index in [0.717, 1.165) is 35.8 Å². The lowest BCUT2D eigenvalue weighted by atomic mass is 10.0. The number of carbonyl (C=O) groups excluding carboxylic acids is 2. The highest BCUT2D eigenvalue weighted by Crippen LogP contribution is 2.30. The number of anilines is 1. The number of methoxy groups -OCH3 is 1. The first-order chi connectivity index (χ1) is 20.1. The number of nitrogens with zero attached hydrogens (tertiary/aromatic N) is 2. The van der Waals surface area contributed by atoms with Crippen molar-refractivity contribution in [3.05, 3.63) is 95.6 Å². The molecule has 0 heterocycles. The highest BCUT2D eigenvalue weighted by atomic mass is 32.2. The number of ether oxygens (including phenoxy) is 1. The van der Waals surface area contributed by atoms with E-state index in [9.17, 15) is 18.0 Å². The molecular formula is C33H43N3O5S. The number of carbonyl (C=O) groups is 2. The van der Waals surface area contributed by atoms with Gasteiger partial charge in [0.15, 0.2) is 0 Å². The third-order valence-electron chi connectivity index (χ3n) is 7.04. The normalized spacial score (nSPS) is 11.9. The maximum absolute atomic E-state index is 13.9. The third-order valence-corrected chi connectivity index (χ3v) is 8.22. The van der Waals surface area contributed by atoms with Gasteiger partial charge in [-0.25, -0.2) is 8.42 Å². The molecule has 3 aromatic rings. The van der Waals surface area contributed by atoms with Gasteiger partial charge < -0.3 is 15.0 Å². The summed E-state index contributed by atoms with van der Waals surface area (Å²) in [5.74, 6) is 0.0265. The van der Waals surface area contributed by atoms with Crippen LogP contribution >= 0.6 is 0 Å². The number of hydrogen-bond acceptors (Lipinski definition) is 5. The second-order valence-electron chi connectivity index (χ2n) is 10.5. The van der Waals surface area contributed by atoms with Crippen LogP contribution in [0.3, 0.4) is 0 Å². The molecule has 0 aliphatic heterocycles. The van der Waals surface area contributed by atoms with E-state index >= 15 is 0 Å². The van der Waals surface area contributed by atoms with Crippen molar-refractivity contribution in [2.45, 2.75) is 58.5 Å². The van der Waals surface area contributed by atoms with E-state index in [1.54, 1.807) is 29.2 Å². The summed E-state index contributed by atoms with van der Waals surface area (Å²) in [6, 6.07) is 23.8. The summed E-state index contributed by atoms with van der Waals surface area (Å²) in [5, 5.41) is 3.03. The second kappa shape index (κ2) is 16.0. The van der Waals surface area contributed by atoms with Crippen LogP contribution in [0.4, 0.5) is 5.69 Å². The Kier molecular flexibility index (Phi) is 12.4. The number of aryl methyl sites for hydroxylation is 1. The second-order valence-corrected chi connectivity index (χ2v) is 12.4. The van der Waals surface area contributed by atoms with Gasteiger partial charge in [0.25, 0.3) is 0 Å². The summed E-state index contributed by atoms with van der Waals surface area (Å²) in [6.07, 6.45) is 3.64. The van der Waals surface area contributed by atoms with Gasteiger partial charge in [-0.05, 0) is 43.0 Å². The van der Waals surface area contributed by atoms with Crippen LogP contribution in [0.15, 0.2) is 78.9 Å². The molecule has 1 atom stereocenters. The summed E-state index contributed by atoms with van der Waals surface area (Å²) in [7, 11) is -2.15. The van der Waals surface area contributed by atoms with Crippen LogP contribution in [0.1, 0.15) is 49.3 Å². The van der Waals surface area contributed by atoms with Gasteiger partial charge in [0.2, 0.25) is 21.8 Å². The van der Waals surface area contributed by atoms with Crippen molar-refractivity contribution in [3.63, 3.8) is 0 Å². The Morgan fingerprint density at radius 1 is 0.929 bits per heavy atom. The van der Waals surface area contributed by atoms with Crippen LogP contribution in [-0.2, 0) is 32.6 Å². The van der Waals surface area contributed by atoms with Crippen LogP contribution in [0.25, 0.3) is 0 Å². The van der Waals surface area contributed by atoms with Crippen LogP contribution in [0, 0.1) is 6.92 Å². The van der Waals surface area contributed by atoms with E-state index in [4.69, 9.17) is 4.74 Å². The quantitative estimate of drug-likeness (QED) is 0.233. The number of unbranched alkanes of at least 4 members (excludes halogenated alkanes) is 1. The molecule has 0 unspecified atom stereocenters. The maximum Gasteiger partial charge on any atom is 0.243 e. The summed E-state index contributed by atoms with van der Waals surface area (Å²) < 4.78 is 32.1. The first-order valence-corrected chi connectivity index (χ1v) is 16.3. The molecule has 42 heavy (non-hydrogen) atoms. The van der Waals surface area contributed by atoms with E-state index in [1.165, 1.54) is 11.4 Å². The van der Waals surface area contributed by atoms with Crippen molar-refractivity contribution < 1.29 is 22.7 Å². The monoisotopic (exact) mass is 593 g/mol.